The molecule has 0 aliphatic heterocycles. The molecule has 5 nitrogen and oxygen atoms in total. The molecule has 20 heavy (non-hydrogen) atoms. The van der Waals surface area contributed by atoms with E-state index in [0.29, 0.717) is 11.5 Å². The van der Waals surface area contributed by atoms with Gasteiger partial charge in [-0.2, -0.15) is 0 Å². The Morgan fingerprint density at radius 3 is 2.90 bits per heavy atom. The molecular weight excluding hydrogens is 256 g/mol. The lowest BCUT2D eigenvalue weighted by atomic mass is 9.76. The van der Waals surface area contributed by atoms with Crippen LogP contribution in [0.4, 0.5) is 5.69 Å². The van der Waals surface area contributed by atoms with E-state index >= 15 is 0 Å². The van der Waals surface area contributed by atoms with Gasteiger partial charge in [-0.3, -0.25) is 4.79 Å². The number of aliphatic hydroxyl groups is 1. The van der Waals surface area contributed by atoms with Gasteiger partial charge >= 0.3 is 0 Å². The van der Waals surface area contributed by atoms with E-state index < -0.39 is 5.54 Å². The van der Waals surface area contributed by atoms with E-state index in [-0.39, 0.29) is 24.0 Å². The summed E-state index contributed by atoms with van der Waals surface area (Å²) in [6.07, 6.45) is 3.67. The van der Waals surface area contributed by atoms with Gasteiger partial charge in [-0.15, -0.1) is 0 Å². The Labute approximate surface area is 118 Å². The van der Waals surface area contributed by atoms with Crippen LogP contribution in [0.2, 0.25) is 0 Å². The first-order valence-electron chi connectivity index (χ1n) is 6.98. The van der Waals surface area contributed by atoms with Crippen molar-refractivity contribution in [1.29, 1.82) is 0 Å². The number of amides is 1. The molecule has 1 aliphatic carbocycles. The third-order valence-electron chi connectivity index (χ3n) is 4.07. The Morgan fingerprint density at radius 2 is 2.30 bits per heavy atom. The van der Waals surface area contributed by atoms with Gasteiger partial charge in [-0.05, 0) is 37.0 Å². The molecule has 2 rings (SSSR count). The molecule has 2 atom stereocenters. The molecule has 110 valence electrons. The molecule has 0 aromatic heterocycles. The zero-order chi connectivity index (χ0) is 14.8. The number of nitrogen functional groups attached to an aromatic ring is 1. The van der Waals surface area contributed by atoms with Gasteiger partial charge in [0.05, 0.1) is 17.8 Å². The summed E-state index contributed by atoms with van der Waals surface area (Å²) in [5, 5.41) is 22.2. The quantitative estimate of drug-likeness (QED) is 0.499. The zero-order valence-electron chi connectivity index (χ0n) is 11.7. The van der Waals surface area contributed by atoms with Gasteiger partial charge in [0, 0.05) is 5.56 Å². The van der Waals surface area contributed by atoms with Crippen molar-refractivity contribution >= 4 is 11.6 Å². The lowest BCUT2D eigenvalue weighted by Crippen LogP contribution is -2.53. The lowest BCUT2D eigenvalue weighted by Gasteiger charge is -2.39. The van der Waals surface area contributed by atoms with Crippen LogP contribution in [0.5, 0.6) is 5.75 Å². The van der Waals surface area contributed by atoms with Crippen molar-refractivity contribution in [3.8, 4) is 5.75 Å². The first-order chi connectivity index (χ1) is 9.46. The molecule has 1 aliphatic rings. The predicted octanol–water partition coefficient (Wildman–Crippen LogP) is 1.65. The molecule has 0 saturated heterocycles. The summed E-state index contributed by atoms with van der Waals surface area (Å²) in [6, 6.07) is 4.42. The van der Waals surface area contributed by atoms with E-state index in [1.807, 2.05) is 0 Å². The molecule has 0 radical (unpaired) electrons. The van der Waals surface area contributed by atoms with Crippen molar-refractivity contribution < 1.29 is 15.0 Å². The zero-order valence-corrected chi connectivity index (χ0v) is 11.7. The van der Waals surface area contributed by atoms with Crippen LogP contribution < -0.4 is 11.1 Å². The fourth-order valence-corrected chi connectivity index (χ4v) is 2.95. The normalized spacial score (nSPS) is 26.2. The molecule has 1 amide bonds. The van der Waals surface area contributed by atoms with Crippen molar-refractivity contribution in [2.45, 2.75) is 38.1 Å². The maximum atomic E-state index is 12.3. The fourth-order valence-electron chi connectivity index (χ4n) is 2.95. The average molecular weight is 278 g/mol. The van der Waals surface area contributed by atoms with E-state index in [0.717, 1.165) is 25.7 Å². The highest BCUT2D eigenvalue weighted by Gasteiger charge is 2.35. The van der Waals surface area contributed by atoms with E-state index in [9.17, 15) is 15.0 Å². The Bertz CT molecular complexity index is 504. The van der Waals surface area contributed by atoms with Gasteiger partial charge in [0.25, 0.3) is 5.91 Å². The molecule has 2 unspecified atom stereocenters. The molecule has 0 heterocycles. The Kier molecular flexibility index (Phi) is 4.18. The molecule has 1 aromatic carbocycles. The summed E-state index contributed by atoms with van der Waals surface area (Å²) in [5.41, 5.74) is 5.56. The van der Waals surface area contributed by atoms with Crippen molar-refractivity contribution in [3.63, 3.8) is 0 Å². The van der Waals surface area contributed by atoms with Crippen molar-refractivity contribution in [3.05, 3.63) is 23.8 Å². The van der Waals surface area contributed by atoms with Crippen LogP contribution >= 0.6 is 0 Å². The van der Waals surface area contributed by atoms with Crippen LogP contribution in [0, 0.1) is 5.92 Å². The predicted molar refractivity (Wildman–Crippen MR) is 77.4 cm³/mol. The minimum Gasteiger partial charge on any atom is -0.506 e. The van der Waals surface area contributed by atoms with Gasteiger partial charge in [0.2, 0.25) is 0 Å². The van der Waals surface area contributed by atoms with Gasteiger partial charge in [-0.1, -0.05) is 19.8 Å². The number of phenols is 1. The summed E-state index contributed by atoms with van der Waals surface area (Å²) in [4.78, 5) is 12.3. The van der Waals surface area contributed by atoms with Crippen LogP contribution in [0.25, 0.3) is 0 Å². The van der Waals surface area contributed by atoms with Crippen LogP contribution in [0.1, 0.15) is 43.0 Å². The molecule has 0 spiro atoms. The summed E-state index contributed by atoms with van der Waals surface area (Å²) in [7, 11) is 0. The smallest absolute Gasteiger partial charge is 0.251 e. The highest BCUT2D eigenvalue weighted by atomic mass is 16.3. The first kappa shape index (κ1) is 14.7. The number of nitrogens with one attached hydrogen (secondary N) is 1. The molecule has 5 N–H and O–H groups in total. The van der Waals surface area contributed by atoms with E-state index in [1.54, 1.807) is 6.07 Å². The second kappa shape index (κ2) is 5.71. The number of nitrogens with two attached hydrogens (primary N) is 1. The number of aromatic hydroxyl groups is 1. The highest BCUT2D eigenvalue weighted by Crippen LogP contribution is 2.32. The minimum absolute atomic E-state index is 0.0654. The standard InChI is InChI=1S/C15H22N2O3/c1-10-3-2-6-15(8-10,9-18)17-14(20)11-4-5-12(16)13(19)7-11/h4-5,7,10,18-19H,2-3,6,8-9,16H2,1H3,(H,17,20). The lowest BCUT2D eigenvalue weighted by molar-refractivity contribution is 0.0697. The molecule has 1 fully saturated rings. The SMILES string of the molecule is CC1CCCC(CO)(NC(=O)c2ccc(N)c(O)c2)C1. The van der Waals surface area contributed by atoms with Gasteiger partial charge in [-0.25, -0.2) is 0 Å². The van der Waals surface area contributed by atoms with Crippen LogP contribution in [-0.2, 0) is 0 Å². The second-order valence-electron chi connectivity index (χ2n) is 5.87. The van der Waals surface area contributed by atoms with Gasteiger partial charge < -0.3 is 21.3 Å². The van der Waals surface area contributed by atoms with Gasteiger partial charge in [0.1, 0.15) is 5.75 Å². The number of carbonyl (C=O) groups is 1. The Hall–Kier alpha value is -1.75. The molecule has 5 heteroatoms. The van der Waals surface area contributed by atoms with E-state index in [2.05, 4.69) is 12.2 Å². The van der Waals surface area contributed by atoms with Crippen LogP contribution in [-0.4, -0.2) is 28.3 Å². The molecule has 1 aromatic rings. The maximum Gasteiger partial charge on any atom is 0.251 e. The molecule has 0 bridgehead atoms. The summed E-state index contributed by atoms with van der Waals surface area (Å²) < 4.78 is 0. The van der Waals surface area contributed by atoms with Gasteiger partial charge in [0.15, 0.2) is 0 Å². The summed E-state index contributed by atoms with van der Waals surface area (Å²) in [6.45, 7) is 2.06. The van der Waals surface area contributed by atoms with Crippen molar-refractivity contribution in [2.24, 2.45) is 5.92 Å². The highest BCUT2D eigenvalue weighted by molar-refractivity contribution is 5.95. The summed E-state index contributed by atoms with van der Waals surface area (Å²) >= 11 is 0. The Morgan fingerprint density at radius 1 is 1.55 bits per heavy atom. The molecule has 1 saturated carbocycles. The first-order valence-corrected chi connectivity index (χ1v) is 6.98. The number of phenolic OH excluding ortho intramolecular Hbond substituents is 1. The number of hydrogen-bond donors (Lipinski definition) is 4. The fraction of sp³-hybridized carbons (Fsp3) is 0.533. The summed E-state index contributed by atoms with van der Waals surface area (Å²) in [5.74, 6) is 0.0900. The number of rotatable bonds is 3. The van der Waals surface area contributed by atoms with Crippen molar-refractivity contribution in [1.82, 2.24) is 5.32 Å². The van der Waals surface area contributed by atoms with E-state index in [1.165, 1.54) is 12.1 Å². The third-order valence-corrected chi connectivity index (χ3v) is 4.07. The maximum absolute atomic E-state index is 12.3. The number of anilines is 1. The average Bonchev–Trinajstić information content (AvgIpc) is 2.41. The number of benzene rings is 1. The third kappa shape index (κ3) is 3.04. The molecular formula is C15H22N2O3. The number of carbonyl (C=O) groups excluding carboxylic acids is 1. The minimum atomic E-state index is -0.550. The second-order valence-corrected chi connectivity index (χ2v) is 5.87. The number of hydrogen-bond acceptors (Lipinski definition) is 4. The topological polar surface area (TPSA) is 95.6 Å². The van der Waals surface area contributed by atoms with Crippen LogP contribution in [0.3, 0.4) is 0 Å². The largest absolute Gasteiger partial charge is 0.506 e. The number of aliphatic hydroxyl groups excluding tert-OH is 1. The van der Waals surface area contributed by atoms with Crippen LogP contribution in [0.15, 0.2) is 18.2 Å². The van der Waals surface area contributed by atoms with E-state index in [4.69, 9.17) is 5.73 Å². The monoisotopic (exact) mass is 278 g/mol. The van der Waals surface area contributed by atoms with Crippen molar-refractivity contribution in [2.75, 3.05) is 12.3 Å². The Balaban J connectivity index is 2.14.